The van der Waals surface area contributed by atoms with Crippen LogP contribution in [0.4, 0.5) is 5.69 Å². The number of halogens is 1. The van der Waals surface area contributed by atoms with Crippen molar-refractivity contribution >= 4 is 39.5 Å². The van der Waals surface area contributed by atoms with Gasteiger partial charge in [0.1, 0.15) is 5.70 Å². The van der Waals surface area contributed by atoms with Crippen molar-refractivity contribution in [2.24, 2.45) is 0 Å². The molecule has 1 aromatic carbocycles. The lowest BCUT2D eigenvalue weighted by atomic mass is 10.2. The number of ether oxygens (including phenoxy) is 2. The van der Waals surface area contributed by atoms with E-state index >= 15 is 0 Å². The summed E-state index contributed by atoms with van der Waals surface area (Å²) in [6.45, 7) is 0. The number of aromatic carboxylic acids is 1. The number of carbonyl (C=O) groups is 3. The quantitative estimate of drug-likeness (QED) is 0.611. The molecule has 0 aliphatic heterocycles. The van der Waals surface area contributed by atoms with E-state index < -0.39 is 17.9 Å². The molecule has 112 valence electrons. The van der Waals surface area contributed by atoms with E-state index in [9.17, 15) is 14.4 Å². The maximum absolute atomic E-state index is 11.6. The first-order valence-electron chi connectivity index (χ1n) is 5.56. The normalized spacial score (nSPS) is 10.7. The Bertz CT molecular complexity index is 611. The van der Waals surface area contributed by atoms with Crippen LogP contribution in [0.1, 0.15) is 10.4 Å². The van der Waals surface area contributed by atoms with Crippen molar-refractivity contribution in [2.45, 2.75) is 0 Å². The summed E-state index contributed by atoms with van der Waals surface area (Å²) in [5.74, 6) is -2.68. The van der Waals surface area contributed by atoms with E-state index in [4.69, 9.17) is 5.11 Å². The van der Waals surface area contributed by atoms with Gasteiger partial charge in [-0.2, -0.15) is 0 Å². The molecule has 0 unspecified atom stereocenters. The van der Waals surface area contributed by atoms with Gasteiger partial charge in [0.15, 0.2) is 0 Å². The number of hydrogen-bond acceptors (Lipinski definition) is 6. The van der Waals surface area contributed by atoms with E-state index in [-0.39, 0.29) is 11.3 Å². The third kappa shape index (κ3) is 4.92. The van der Waals surface area contributed by atoms with Crippen LogP contribution >= 0.6 is 15.9 Å². The van der Waals surface area contributed by atoms with Crippen molar-refractivity contribution in [3.8, 4) is 0 Å². The lowest BCUT2D eigenvalue weighted by Crippen LogP contribution is -2.15. The van der Waals surface area contributed by atoms with Gasteiger partial charge < -0.3 is 19.9 Å². The average Bonchev–Trinajstić information content (AvgIpc) is 2.44. The predicted molar refractivity (Wildman–Crippen MR) is 76.8 cm³/mol. The Balaban J connectivity index is 3.15. The van der Waals surface area contributed by atoms with E-state index in [1.54, 1.807) is 6.07 Å². The molecule has 0 atom stereocenters. The molecule has 8 heteroatoms. The van der Waals surface area contributed by atoms with E-state index in [0.717, 1.165) is 20.3 Å². The van der Waals surface area contributed by atoms with Crippen molar-refractivity contribution in [3.63, 3.8) is 0 Å². The summed E-state index contributed by atoms with van der Waals surface area (Å²) in [5, 5.41) is 11.6. The number of esters is 2. The van der Waals surface area contributed by atoms with Crippen LogP contribution in [0.5, 0.6) is 0 Å². The number of carboxylic acids is 1. The second-order valence-corrected chi connectivity index (χ2v) is 4.65. The molecule has 0 aromatic heterocycles. The molecule has 0 radical (unpaired) electrons. The van der Waals surface area contributed by atoms with Gasteiger partial charge in [0, 0.05) is 10.2 Å². The fourth-order valence-corrected chi connectivity index (χ4v) is 1.87. The number of carbonyl (C=O) groups excluding carboxylic acids is 2. The first kappa shape index (κ1) is 16.7. The molecule has 7 nitrogen and oxygen atoms in total. The number of methoxy groups -OCH3 is 2. The molecule has 0 spiro atoms. The van der Waals surface area contributed by atoms with Crippen molar-refractivity contribution in [1.29, 1.82) is 0 Å². The second kappa shape index (κ2) is 7.44. The van der Waals surface area contributed by atoms with Crippen LogP contribution in [0.3, 0.4) is 0 Å². The molecule has 0 aliphatic rings. The molecule has 0 bridgehead atoms. The van der Waals surface area contributed by atoms with Gasteiger partial charge in [-0.3, -0.25) is 0 Å². The van der Waals surface area contributed by atoms with Gasteiger partial charge in [0.25, 0.3) is 0 Å². The molecule has 2 N–H and O–H groups in total. The van der Waals surface area contributed by atoms with Crippen LogP contribution < -0.4 is 5.32 Å². The highest BCUT2D eigenvalue weighted by molar-refractivity contribution is 9.10. The zero-order valence-corrected chi connectivity index (χ0v) is 12.8. The molecular formula is C13H12BrNO6. The molecule has 0 heterocycles. The summed E-state index contributed by atoms with van der Waals surface area (Å²) in [7, 11) is 2.31. The standard InChI is InChI=1S/C13H12BrNO6/c1-20-11(16)6-10(13(19)21-2)15-9-4-7(12(17)18)3-8(14)5-9/h3-6,15H,1-2H3,(H,17,18)/b10-6+. The monoisotopic (exact) mass is 357 g/mol. The van der Waals surface area contributed by atoms with Crippen molar-refractivity contribution < 1.29 is 29.0 Å². The molecule has 0 amide bonds. The molecule has 0 saturated carbocycles. The van der Waals surface area contributed by atoms with Gasteiger partial charge in [0.2, 0.25) is 0 Å². The minimum absolute atomic E-state index is 0.00848. The Morgan fingerprint density at radius 2 is 1.86 bits per heavy atom. The molecule has 0 fully saturated rings. The van der Waals surface area contributed by atoms with Crippen LogP contribution in [0, 0.1) is 0 Å². The van der Waals surface area contributed by atoms with Gasteiger partial charge in [-0.25, -0.2) is 14.4 Å². The minimum atomic E-state index is -1.13. The summed E-state index contributed by atoms with van der Waals surface area (Å²) in [4.78, 5) is 33.8. The lowest BCUT2D eigenvalue weighted by molar-refractivity contribution is -0.138. The molecule has 21 heavy (non-hydrogen) atoms. The minimum Gasteiger partial charge on any atom is -0.478 e. The molecular weight excluding hydrogens is 346 g/mol. The van der Waals surface area contributed by atoms with Gasteiger partial charge in [-0.05, 0) is 18.2 Å². The molecule has 0 saturated heterocycles. The summed E-state index contributed by atoms with van der Waals surface area (Å²) < 4.78 is 9.46. The fourth-order valence-electron chi connectivity index (χ4n) is 1.37. The molecule has 0 aliphatic carbocycles. The maximum atomic E-state index is 11.6. The van der Waals surface area contributed by atoms with Crippen molar-refractivity contribution in [3.05, 3.63) is 40.0 Å². The number of carboxylic acid groups (broad SMARTS) is 1. The number of nitrogens with one attached hydrogen (secondary N) is 1. The average molecular weight is 358 g/mol. The van der Waals surface area contributed by atoms with E-state index in [1.807, 2.05) is 0 Å². The first-order chi connectivity index (χ1) is 9.87. The van der Waals surface area contributed by atoms with Crippen LogP contribution in [-0.4, -0.2) is 37.2 Å². The third-order valence-electron chi connectivity index (χ3n) is 2.29. The Morgan fingerprint density at radius 3 is 2.38 bits per heavy atom. The smallest absolute Gasteiger partial charge is 0.354 e. The number of rotatable bonds is 5. The first-order valence-corrected chi connectivity index (χ1v) is 6.35. The summed E-state index contributed by atoms with van der Waals surface area (Å²) in [6, 6.07) is 4.25. The number of anilines is 1. The van der Waals surface area contributed by atoms with E-state index in [1.165, 1.54) is 12.1 Å². The Kier molecular flexibility index (Phi) is 5.92. The second-order valence-electron chi connectivity index (χ2n) is 3.73. The van der Waals surface area contributed by atoms with Crippen LogP contribution in [0.25, 0.3) is 0 Å². The van der Waals surface area contributed by atoms with Gasteiger partial charge in [-0.15, -0.1) is 0 Å². The Labute approximate surface area is 128 Å². The highest BCUT2D eigenvalue weighted by Crippen LogP contribution is 2.21. The molecule has 1 rings (SSSR count). The zero-order chi connectivity index (χ0) is 16.0. The zero-order valence-electron chi connectivity index (χ0n) is 11.2. The lowest BCUT2D eigenvalue weighted by Gasteiger charge is -2.10. The molecule has 1 aromatic rings. The van der Waals surface area contributed by atoms with Gasteiger partial charge >= 0.3 is 17.9 Å². The summed E-state index contributed by atoms with van der Waals surface area (Å²) in [6.07, 6.45) is 0.910. The van der Waals surface area contributed by atoms with Crippen molar-refractivity contribution in [2.75, 3.05) is 19.5 Å². The largest absolute Gasteiger partial charge is 0.478 e. The Hall–Kier alpha value is -2.35. The predicted octanol–water partition coefficient (Wildman–Crippen LogP) is 1.79. The van der Waals surface area contributed by atoms with Gasteiger partial charge in [-0.1, -0.05) is 15.9 Å². The third-order valence-corrected chi connectivity index (χ3v) is 2.75. The highest BCUT2D eigenvalue weighted by Gasteiger charge is 2.14. The van der Waals surface area contributed by atoms with Crippen LogP contribution in [-0.2, 0) is 19.1 Å². The van der Waals surface area contributed by atoms with E-state index in [0.29, 0.717) is 10.2 Å². The number of benzene rings is 1. The number of hydrogen-bond donors (Lipinski definition) is 2. The fraction of sp³-hybridized carbons (Fsp3) is 0.154. The highest BCUT2D eigenvalue weighted by atomic mass is 79.9. The maximum Gasteiger partial charge on any atom is 0.354 e. The SMILES string of the molecule is COC(=O)/C=C(/Nc1cc(Br)cc(C(=O)O)c1)C(=O)OC. The summed E-state index contributed by atoms with van der Waals surface area (Å²) >= 11 is 3.16. The topological polar surface area (TPSA) is 102 Å². The van der Waals surface area contributed by atoms with Gasteiger partial charge in [0.05, 0.1) is 25.9 Å². The summed E-state index contributed by atoms with van der Waals surface area (Å²) in [5.41, 5.74) is 0.121. The van der Waals surface area contributed by atoms with Crippen molar-refractivity contribution in [1.82, 2.24) is 0 Å². The van der Waals surface area contributed by atoms with E-state index in [2.05, 4.69) is 30.7 Å². The van der Waals surface area contributed by atoms with Crippen LogP contribution in [0.2, 0.25) is 0 Å². The Morgan fingerprint density at radius 1 is 1.19 bits per heavy atom. The van der Waals surface area contributed by atoms with Crippen LogP contribution in [0.15, 0.2) is 34.4 Å².